The van der Waals surface area contributed by atoms with E-state index in [0.717, 1.165) is 17.9 Å². The van der Waals surface area contributed by atoms with Crippen LogP contribution in [0.5, 0.6) is 0 Å². The Balaban J connectivity index is 2.47. The standard InChI is InChI=1S/C12H13Cl2N3/c1-3-8(2)11-15-12(14)16-17(11)10-6-4-9(13)5-7-10/h4-8H,3H2,1-2H3/t8-/m1/s1. The largest absolute Gasteiger partial charge is 0.243 e. The van der Waals surface area contributed by atoms with Crippen molar-refractivity contribution in [2.45, 2.75) is 26.2 Å². The lowest BCUT2D eigenvalue weighted by Gasteiger charge is -2.10. The zero-order valence-corrected chi connectivity index (χ0v) is 11.2. The van der Waals surface area contributed by atoms with Crippen LogP contribution in [0.25, 0.3) is 5.69 Å². The molecule has 1 aromatic heterocycles. The fourth-order valence-corrected chi connectivity index (χ4v) is 1.86. The Morgan fingerprint density at radius 1 is 1.24 bits per heavy atom. The highest BCUT2D eigenvalue weighted by Gasteiger charge is 2.15. The van der Waals surface area contributed by atoms with Crippen LogP contribution < -0.4 is 0 Å². The van der Waals surface area contributed by atoms with Crippen molar-refractivity contribution in [2.24, 2.45) is 0 Å². The summed E-state index contributed by atoms with van der Waals surface area (Å²) in [5.41, 5.74) is 0.920. The molecule has 2 rings (SSSR count). The van der Waals surface area contributed by atoms with E-state index in [2.05, 4.69) is 23.9 Å². The minimum absolute atomic E-state index is 0.273. The van der Waals surface area contributed by atoms with E-state index in [9.17, 15) is 0 Å². The van der Waals surface area contributed by atoms with Crippen molar-refractivity contribution < 1.29 is 0 Å². The third-order valence-electron chi connectivity index (χ3n) is 2.73. The third kappa shape index (κ3) is 2.61. The van der Waals surface area contributed by atoms with E-state index >= 15 is 0 Å². The minimum atomic E-state index is 0.273. The summed E-state index contributed by atoms with van der Waals surface area (Å²) in [6, 6.07) is 7.46. The highest BCUT2D eigenvalue weighted by atomic mass is 35.5. The van der Waals surface area contributed by atoms with Crippen molar-refractivity contribution in [3.05, 3.63) is 40.4 Å². The molecular weight excluding hydrogens is 257 g/mol. The number of nitrogens with zero attached hydrogens (tertiary/aromatic N) is 3. The van der Waals surface area contributed by atoms with Gasteiger partial charge in [0.25, 0.3) is 0 Å². The highest BCUT2D eigenvalue weighted by Crippen LogP contribution is 2.22. The normalized spacial score (nSPS) is 12.7. The molecular formula is C12H13Cl2N3. The Morgan fingerprint density at radius 2 is 1.88 bits per heavy atom. The van der Waals surface area contributed by atoms with Crippen LogP contribution in [0.3, 0.4) is 0 Å². The van der Waals surface area contributed by atoms with Gasteiger partial charge in [-0.1, -0.05) is 25.4 Å². The number of benzene rings is 1. The van der Waals surface area contributed by atoms with Gasteiger partial charge in [0, 0.05) is 10.9 Å². The number of hydrogen-bond donors (Lipinski definition) is 0. The third-order valence-corrected chi connectivity index (χ3v) is 3.14. The molecule has 1 atom stereocenters. The van der Waals surface area contributed by atoms with Gasteiger partial charge in [0.05, 0.1) is 5.69 Å². The summed E-state index contributed by atoms with van der Waals surface area (Å²) >= 11 is 11.7. The molecule has 0 bridgehead atoms. The lowest BCUT2D eigenvalue weighted by Crippen LogP contribution is -2.06. The molecule has 0 amide bonds. The van der Waals surface area contributed by atoms with E-state index in [-0.39, 0.29) is 5.28 Å². The Hall–Kier alpha value is -1.06. The fraction of sp³-hybridized carbons (Fsp3) is 0.333. The van der Waals surface area contributed by atoms with Crippen molar-refractivity contribution in [3.8, 4) is 5.69 Å². The van der Waals surface area contributed by atoms with Crippen LogP contribution in [0.15, 0.2) is 24.3 Å². The number of aromatic nitrogens is 3. The van der Waals surface area contributed by atoms with Crippen molar-refractivity contribution in [1.82, 2.24) is 14.8 Å². The first-order valence-electron chi connectivity index (χ1n) is 5.50. The fourth-order valence-electron chi connectivity index (χ4n) is 1.57. The molecule has 1 heterocycles. The predicted octanol–water partition coefficient (Wildman–Crippen LogP) is 4.09. The van der Waals surface area contributed by atoms with Crippen LogP contribution >= 0.6 is 23.2 Å². The summed E-state index contributed by atoms with van der Waals surface area (Å²) in [6.07, 6.45) is 0.989. The molecule has 0 N–H and O–H groups in total. The van der Waals surface area contributed by atoms with E-state index in [1.807, 2.05) is 24.3 Å². The highest BCUT2D eigenvalue weighted by molar-refractivity contribution is 6.30. The first kappa shape index (κ1) is 12.4. The molecule has 0 spiro atoms. The molecule has 5 heteroatoms. The van der Waals surface area contributed by atoms with Crippen molar-refractivity contribution in [2.75, 3.05) is 0 Å². The van der Waals surface area contributed by atoms with Gasteiger partial charge >= 0.3 is 0 Å². The molecule has 17 heavy (non-hydrogen) atoms. The maximum atomic E-state index is 5.88. The van der Waals surface area contributed by atoms with Gasteiger partial charge in [-0.25, -0.2) is 9.67 Å². The summed E-state index contributed by atoms with van der Waals surface area (Å²) in [6.45, 7) is 4.21. The summed E-state index contributed by atoms with van der Waals surface area (Å²) in [5.74, 6) is 1.19. The zero-order chi connectivity index (χ0) is 12.4. The molecule has 2 aromatic rings. The first-order chi connectivity index (χ1) is 8.11. The van der Waals surface area contributed by atoms with Gasteiger partial charge in [0.2, 0.25) is 5.28 Å². The van der Waals surface area contributed by atoms with Crippen LogP contribution in [0, 0.1) is 0 Å². The van der Waals surface area contributed by atoms with Gasteiger partial charge in [-0.2, -0.15) is 0 Å². The van der Waals surface area contributed by atoms with Crippen molar-refractivity contribution in [1.29, 1.82) is 0 Å². The van der Waals surface area contributed by atoms with Gasteiger partial charge in [0.1, 0.15) is 5.82 Å². The maximum Gasteiger partial charge on any atom is 0.243 e. The van der Waals surface area contributed by atoms with Crippen LogP contribution in [0.2, 0.25) is 10.3 Å². The maximum absolute atomic E-state index is 5.88. The van der Waals surface area contributed by atoms with Crippen LogP contribution in [-0.2, 0) is 0 Å². The second kappa shape index (κ2) is 5.07. The number of halogens is 2. The Morgan fingerprint density at radius 3 is 2.47 bits per heavy atom. The van der Waals surface area contributed by atoms with Crippen LogP contribution in [-0.4, -0.2) is 14.8 Å². The zero-order valence-electron chi connectivity index (χ0n) is 9.69. The average molecular weight is 270 g/mol. The van der Waals surface area contributed by atoms with Crippen molar-refractivity contribution >= 4 is 23.2 Å². The summed E-state index contributed by atoms with van der Waals surface area (Å²) < 4.78 is 1.77. The van der Waals surface area contributed by atoms with E-state index in [0.29, 0.717) is 10.9 Å². The molecule has 0 aliphatic rings. The summed E-state index contributed by atoms with van der Waals surface area (Å²) in [5, 5.41) is 5.18. The number of rotatable bonds is 3. The Kier molecular flexibility index (Phi) is 3.69. The lowest BCUT2D eigenvalue weighted by molar-refractivity contribution is 0.646. The molecule has 0 radical (unpaired) electrons. The summed E-state index contributed by atoms with van der Waals surface area (Å²) in [7, 11) is 0. The van der Waals surface area contributed by atoms with Gasteiger partial charge in [-0.3, -0.25) is 0 Å². The van der Waals surface area contributed by atoms with Crippen molar-refractivity contribution in [3.63, 3.8) is 0 Å². The van der Waals surface area contributed by atoms with E-state index in [4.69, 9.17) is 23.2 Å². The van der Waals surface area contributed by atoms with Gasteiger partial charge in [-0.15, -0.1) is 5.10 Å². The SMILES string of the molecule is CC[C@@H](C)c1nc(Cl)nn1-c1ccc(Cl)cc1. The van der Waals surface area contributed by atoms with E-state index in [1.54, 1.807) is 4.68 Å². The number of hydrogen-bond acceptors (Lipinski definition) is 2. The lowest BCUT2D eigenvalue weighted by atomic mass is 10.1. The molecule has 0 fully saturated rings. The molecule has 0 aliphatic heterocycles. The Labute approximate surface area is 110 Å². The molecule has 0 saturated heterocycles. The minimum Gasteiger partial charge on any atom is -0.216 e. The molecule has 0 aliphatic carbocycles. The van der Waals surface area contributed by atoms with E-state index in [1.165, 1.54) is 0 Å². The first-order valence-corrected chi connectivity index (χ1v) is 6.25. The second-order valence-electron chi connectivity index (χ2n) is 3.94. The second-order valence-corrected chi connectivity index (χ2v) is 4.71. The summed E-state index contributed by atoms with van der Waals surface area (Å²) in [4.78, 5) is 4.26. The average Bonchev–Trinajstić information content (AvgIpc) is 2.71. The molecule has 1 aromatic carbocycles. The molecule has 90 valence electrons. The van der Waals surface area contributed by atoms with Crippen LogP contribution in [0.1, 0.15) is 32.0 Å². The predicted molar refractivity (Wildman–Crippen MR) is 70.1 cm³/mol. The van der Waals surface area contributed by atoms with Gasteiger partial charge < -0.3 is 0 Å². The van der Waals surface area contributed by atoms with Crippen LogP contribution in [0.4, 0.5) is 0 Å². The monoisotopic (exact) mass is 269 g/mol. The Bertz CT molecular complexity index is 505. The van der Waals surface area contributed by atoms with E-state index < -0.39 is 0 Å². The molecule has 3 nitrogen and oxygen atoms in total. The quantitative estimate of drug-likeness (QED) is 0.841. The van der Waals surface area contributed by atoms with Gasteiger partial charge in [0.15, 0.2) is 0 Å². The smallest absolute Gasteiger partial charge is 0.216 e. The topological polar surface area (TPSA) is 30.7 Å². The molecule has 0 saturated carbocycles. The molecule has 0 unspecified atom stereocenters. The van der Waals surface area contributed by atoms with Gasteiger partial charge in [-0.05, 0) is 42.3 Å².